The molecule has 1 aliphatic rings. The van der Waals surface area contributed by atoms with Crippen LogP contribution in [0.3, 0.4) is 0 Å². The molecule has 1 heterocycles. The zero-order chi connectivity index (χ0) is 12.4. The maximum absolute atomic E-state index is 13.5. The number of hydrogen-bond acceptors (Lipinski definition) is 2. The predicted molar refractivity (Wildman–Crippen MR) is 68.6 cm³/mol. The van der Waals surface area contributed by atoms with Gasteiger partial charge in [0.2, 0.25) is 0 Å². The Morgan fingerprint density at radius 2 is 1.88 bits per heavy atom. The van der Waals surface area contributed by atoms with E-state index < -0.39 is 22.4 Å². The van der Waals surface area contributed by atoms with Crippen molar-refractivity contribution < 1.29 is 13.0 Å². The molecule has 6 heteroatoms. The molecule has 2 nitrogen and oxygen atoms in total. The lowest BCUT2D eigenvalue weighted by Crippen LogP contribution is -2.29. The summed E-state index contributed by atoms with van der Waals surface area (Å²) in [7, 11) is -0.735. The molecule has 0 amide bonds. The molecule has 94 valence electrons. The quantitative estimate of drug-likeness (QED) is 0.847. The van der Waals surface area contributed by atoms with Crippen LogP contribution in [0.1, 0.15) is 12.8 Å². The highest BCUT2D eigenvalue weighted by atomic mass is 79.9. The molecule has 1 saturated heterocycles. The Morgan fingerprint density at radius 3 is 2.53 bits per heavy atom. The molecule has 0 spiro atoms. The Hall–Kier alpha value is -0.490. The van der Waals surface area contributed by atoms with E-state index in [2.05, 4.69) is 21.2 Å². The first-order chi connectivity index (χ1) is 8.06. The van der Waals surface area contributed by atoms with Crippen molar-refractivity contribution in [3.8, 4) is 0 Å². The van der Waals surface area contributed by atoms with Crippen LogP contribution in [0.5, 0.6) is 0 Å². The molecular formula is C11H12BrF2NOS. The van der Waals surface area contributed by atoms with Crippen molar-refractivity contribution >= 4 is 32.4 Å². The smallest absolute Gasteiger partial charge is 0.149 e. The Bertz CT molecular complexity index is 445. The van der Waals surface area contributed by atoms with E-state index in [0.29, 0.717) is 11.5 Å². The van der Waals surface area contributed by atoms with Crippen molar-refractivity contribution in [1.82, 2.24) is 0 Å². The van der Waals surface area contributed by atoms with Gasteiger partial charge in [0.15, 0.2) is 0 Å². The summed E-state index contributed by atoms with van der Waals surface area (Å²) in [6.45, 7) is 0. The van der Waals surface area contributed by atoms with E-state index in [1.165, 1.54) is 6.07 Å². The summed E-state index contributed by atoms with van der Waals surface area (Å²) in [5, 5.41) is 3.03. The molecule has 0 radical (unpaired) electrons. The lowest BCUT2D eigenvalue weighted by Gasteiger charge is -2.24. The fourth-order valence-corrected chi connectivity index (χ4v) is 3.43. The van der Waals surface area contributed by atoms with Crippen LogP contribution in [-0.4, -0.2) is 21.8 Å². The minimum atomic E-state index is -0.735. The molecule has 17 heavy (non-hydrogen) atoms. The topological polar surface area (TPSA) is 29.1 Å². The molecule has 0 aromatic heterocycles. The van der Waals surface area contributed by atoms with E-state index in [1.54, 1.807) is 0 Å². The van der Waals surface area contributed by atoms with Crippen LogP contribution >= 0.6 is 15.9 Å². The van der Waals surface area contributed by atoms with Gasteiger partial charge in [0.25, 0.3) is 0 Å². The number of nitrogens with one attached hydrogen (secondary N) is 1. The third kappa shape index (κ3) is 3.25. The van der Waals surface area contributed by atoms with Gasteiger partial charge in [-0.3, -0.25) is 4.21 Å². The van der Waals surface area contributed by atoms with E-state index in [0.717, 1.165) is 18.9 Å². The number of rotatable bonds is 2. The summed E-state index contributed by atoms with van der Waals surface area (Å²) >= 11 is 3.02. The Balaban J connectivity index is 2.08. The second kappa shape index (κ2) is 5.44. The lowest BCUT2D eigenvalue weighted by atomic mass is 10.1. The van der Waals surface area contributed by atoms with E-state index in [1.807, 2.05) is 0 Å². The molecule has 1 aromatic rings. The SMILES string of the molecule is O=S1CCC(Nc2cc(Br)c(F)cc2F)CC1. The largest absolute Gasteiger partial charge is 0.380 e. The Kier molecular flexibility index (Phi) is 4.14. The standard InChI is InChI=1S/C11H12BrF2NOS/c12-8-5-11(10(14)6-9(8)13)15-7-1-3-17(16)4-2-7/h5-7,15H,1-4H2. The highest BCUT2D eigenvalue weighted by Crippen LogP contribution is 2.25. The van der Waals surface area contributed by atoms with Gasteiger partial charge in [-0.05, 0) is 34.8 Å². The van der Waals surface area contributed by atoms with Crippen LogP contribution in [0.25, 0.3) is 0 Å². The average Bonchev–Trinajstić information content (AvgIpc) is 2.29. The summed E-state index contributed by atoms with van der Waals surface area (Å²) in [6, 6.07) is 2.36. The zero-order valence-corrected chi connectivity index (χ0v) is 11.4. The second-order valence-corrected chi connectivity index (χ2v) is 6.56. The van der Waals surface area contributed by atoms with Crippen LogP contribution in [0.2, 0.25) is 0 Å². The molecule has 1 N–H and O–H groups in total. The molecule has 0 saturated carbocycles. The van der Waals surface area contributed by atoms with Crippen molar-refractivity contribution in [3.63, 3.8) is 0 Å². The van der Waals surface area contributed by atoms with E-state index >= 15 is 0 Å². The third-order valence-electron chi connectivity index (χ3n) is 2.76. The van der Waals surface area contributed by atoms with Crippen molar-refractivity contribution in [1.29, 1.82) is 0 Å². The van der Waals surface area contributed by atoms with Gasteiger partial charge in [-0.1, -0.05) is 0 Å². The molecule has 0 atom stereocenters. The van der Waals surface area contributed by atoms with Crippen molar-refractivity contribution in [2.45, 2.75) is 18.9 Å². The van der Waals surface area contributed by atoms with Gasteiger partial charge >= 0.3 is 0 Å². The summed E-state index contributed by atoms with van der Waals surface area (Å²) in [4.78, 5) is 0. The molecule has 2 rings (SSSR count). The van der Waals surface area contributed by atoms with Crippen LogP contribution in [0, 0.1) is 11.6 Å². The van der Waals surface area contributed by atoms with Crippen LogP contribution in [0.15, 0.2) is 16.6 Å². The molecule has 0 aliphatic carbocycles. The van der Waals surface area contributed by atoms with Gasteiger partial charge < -0.3 is 5.32 Å². The second-order valence-electron chi connectivity index (χ2n) is 4.01. The molecule has 1 aromatic carbocycles. The van der Waals surface area contributed by atoms with Gasteiger partial charge in [0.1, 0.15) is 11.6 Å². The van der Waals surface area contributed by atoms with Gasteiger partial charge in [-0.15, -0.1) is 0 Å². The van der Waals surface area contributed by atoms with Gasteiger partial charge in [0.05, 0.1) is 10.2 Å². The van der Waals surface area contributed by atoms with Crippen LogP contribution in [-0.2, 0) is 10.8 Å². The van der Waals surface area contributed by atoms with Gasteiger partial charge in [0, 0.05) is 34.4 Å². The maximum Gasteiger partial charge on any atom is 0.149 e. The Morgan fingerprint density at radius 1 is 1.24 bits per heavy atom. The molecular weight excluding hydrogens is 312 g/mol. The number of benzene rings is 1. The minimum absolute atomic E-state index is 0.111. The number of halogens is 3. The predicted octanol–water partition coefficient (Wildman–Crippen LogP) is 3.05. The normalized spacial score (nSPS) is 24.6. The number of hydrogen-bond donors (Lipinski definition) is 1. The first-order valence-electron chi connectivity index (χ1n) is 5.32. The minimum Gasteiger partial charge on any atom is -0.380 e. The fourth-order valence-electron chi connectivity index (χ4n) is 1.79. The molecule has 1 aliphatic heterocycles. The summed E-state index contributed by atoms with van der Waals surface area (Å²) < 4.78 is 37.9. The average molecular weight is 324 g/mol. The lowest BCUT2D eigenvalue weighted by molar-refractivity contribution is 0.574. The van der Waals surface area contributed by atoms with Crippen molar-refractivity contribution in [2.75, 3.05) is 16.8 Å². The van der Waals surface area contributed by atoms with E-state index in [4.69, 9.17) is 0 Å². The molecule has 1 fully saturated rings. The van der Waals surface area contributed by atoms with Crippen LogP contribution in [0.4, 0.5) is 14.5 Å². The third-order valence-corrected chi connectivity index (χ3v) is 4.75. The monoisotopic (exact) mass is 323 g/mol. The molecule has 0 unspecified atom stereocenters. The van der Waals surface area contributed by atoms with E-state index in [-0.39, 0.29) is 16.2 Å². The number of anilines is 1. The zero-order valence-electron chi connectivity index (χ0n) is 9.01. The van der Waals surface area contributed by atoms with Crippen molar-refractivity contribution in [3.05, 3.63) is 28.2 Å². The van der Waals surface area contributed by atoms with Gasteiger partial charge in [-0.25, -0.2) is 8.78 Å². The molecule has 0 bridgehead atoms. The fraction of sp³-hybridized carbons (Fsp3) is 0.455. The first kappa shape index (κ1) is 13.0. The highest BCUT2D eigenvalue weighted by Gasteiger charge is 2.19. The van der Waals surface area contributed by atoms with Crippen molar-refractivity contribution in [2.24, 2.45) is 0 Å². The highest BCUT2D eigenvalue weighted by molar-refractivity contribution is 9.10. The maximum atomic E-state index is 13.5. The summed E-state index contributed by atoms with van der Waals surface area (Å²) in [5.74, 6) is 0.0683. The Labute approximate surface area is 109 Å². The summed E-state index contributed by atoms with van der Waals surface area (Å²) in [6.07, 6.45) is 1.50. The van der Waals surface area contributed by atoms with Crippen LogP contribution < -0.4 is 5.32 Å². The van der Waals surface area contributed by atoms with Gasteiger partial charge in [-0.2, -0.15) is 0 Å². The van der Waals surface area contributed by atoms with E-state index in [9.17, 15) is 13.0 Å². The first-order valence-corrected chi connectivity index (χ1v) is 7.60. The summed E-state index contributed by atoms with van der Waals surface area (Å²) in [5.41, 5.74) is 0.288.